The van der Waals surface area contributed by atoms with Crippen LogP contribution < -0.4 is 5.32 Å². The smallest absolute Gasteiger partial charge is 0.331 e. The third-order valence-electron chi connectivity index (χ3n) is 3.43. The Morgan fingerprint density at radius 3 is 2.69 bits per heavy atom. The molecule has 1 heterocycles. The van der Waals surface area contributed by atoms with Gasteiger partial charge >= 0.3 is 5.97 Å². The molecule has 1 N–H and O–H groups in total. The molecule has 1 amide bonds. The van der Waals surface area contributed by atoms with Gasteiger partial charge in [-0.3, -0.25) is 4.79 Å². The normalized spacial score (nSPS) is 12.4. The summed E-state index contributed by atoms with van der Waals surface area (Å²) in [6.07, 6.45) is 3.14. The predicted molar refractivity (Wildman–Crippen MR) is 97.2 cm³/mol. The molecule has 1 atom stereocenters. The Kier molecular flexibility index (Phi) is 6.52. The molecule has 0 radical (unpaired) electrons. The molecule has 2 rings (SSSR count). The Hall–Kier alpha value is -2.67. The molecule has 0 unspecified atom stereocenters. The summed E-state index contributed by atoms with van der Waals surface area (Å²) in [5.74, 6) is -1.20. The second kappa shape index (κ2) is 8.62. The number of esters is 1. The van der Waals surface area contributed by atoms with Crippen molar-refractivity contribution in [3.05, 3.63) is 52.9 Å². The summed E-state index contributed by atoms with van der Waals surface area (Å²) < 4.78 is 19.8. The summed E-state index contributed by atoms with van der Waals surface area (Å²) in [7, 11) is 0. The van der Waals surface area contributed by atoms with E-state index in [9.17, 15) is 14.0 Å². The van der Waals surface area contributed by atoms with Gasteiger partial charge < -0.3 is 10.1 Å². The number of nitrogens with one attached hydrogen (secondary N) is 1. The minimum absolute atomic E-state index is 0.0463. The van der Waals surface area contributed by atoms with Crippen LogP contribution in [0.25, 0.3) is 6.08 Å². The molecule has 138 valence electrons. The monoisotopic (exact) mass is 379 g/mol. The first kappa shape index (κ1) is 19.7. The Morgan fingerprint density at radius 1 is 1.31 bits per heavy atom. The zero-order valence-electron chi connectivity index (χ0n) is 14.6. The van der Waals surface area contributed by atoms with E-state index in [4.69, 9.17) is 16.3 Å². The van der Waals surface area contributed by atoms with Crippen LogP contribution in [0, 0.1) is 5.82 Å². The molecule has 1 aromatic heterocycles. The number of benzene rings is 1. The van der Waals surface area contributed by atoms with Gasteiger partial charge in [0.25, 0.3) is 5.91 Å². The van der Waals surface area contributed by atoms with E-state index in [2.05, 4.69) is 10.4 Å². The Morgan fingerprint density at radius 2 is 2.04 bits per heavy atom. The standard InChI is InChI=1S/C18H19ClFN3O3/c1-11(2)23-16(8-9-21-23)22-18(25)12(3)26-17(24)7-5-13-4-6-15(20)14(19)10-13/h4-12H,1-3H3,(H,22,25)/b7-5+/t12-/m1/s1. The number of nitrogens with zero attached hydrogens (tertiary/aromatic N) is 2. The van der Waals surface area contributed by atoms with Crippen LogP contribution in [-0.2, 0) is 14.3 Å². The minimum atomic E-state index is -1.00. The van der Waals surface area contributed by atoms with Gasteiger partial charge in [0.2, 0.25) is 0 Å². The van der Waals surface area contributed by atoms with E-state index >= 15 is 0 Å². The molecule has 0 bridgehead atoms. The number of carbonyl (C=O) groups excluding carboxylic acids is 2. The maximum Gasteiger partial charge on any atom is 0.331 e. The highest BCUT2D eigenvalue weighted by molar-refractivity contribution is 6.30. The van der Waals surface area contributed by atoms with Gasteiger partial charge in [0.05, 0.1) is 11.2 Å². The number of anilines is 1. The average molecular weight is 380 g/mol. The van der Waals surface area contributed by atoms with Crippen LogP contribution in [0.5, 0.6) is 0 Å². The van der Waals surface area contributed by atoms with Crippen LogP contribution in [0.2, 0.25) is 5.02 Å². The summed E-state index contributed by atoms with van der Waals surface area (Å²) in [4.78, 5) is 24.0. The zero-order valence-corrected chi connectivity index (χ0v) is 15.3. The van der Waals surface area contributed by atoms with E-state index in [1.807, 2.05) is 13.8 Å². The van der Waals surface area contributed by atoms with E-state index in [1.54, 1.807) is 16.9 Å². The Balaban J connectivity index is 1.93. The van der Waals surface area contributed by atoms with E-state index < -0.39 is 23.8 Å². The number of amides is 1. The van der Waals surface area contributed by atoms with Crippen LogP contribution >= 0.6 is 11.6 Å². The first-order chi connectivity index (χ1) is 12.3. The highest BCUT2D eigenvalue weighted by Crippen LogP contribution is 2.17. The van der Waals surface area contributed by atoms with Crippen molar-refractivity contribution in [2.75, 3.05) is 5.32 Å². The van der Waals surface area contributed by atoms with Gasteiger partial charge in [-0.1, -0.05) is 17.7 Å². The topological polar surface area (TPSA) is 73.2 Å². The highest BCUT2D eigenvalue weighted by Gasteiger charge is 2.18. The van der Waals surface area contributed by atoms with Crippen LogP contribution in [0.15, 0.2) is 36.5 Å². The molecule has 0 aliphatic heterocycles. The number of halogens is 2. The zero-order chi connectivity index (χ0) is 19.3. The first-order valence-electron chi connectivity index (χ1n) is 7.96. The Bertz CT molecular complexity index is 833. The molecular weight excluding hydrogens is 361 g/mol. The molecular formula is C18H19ClFN3O3. The molecule has 1 aromatic carbocycles. The summed E-state index contributed by atoms with van der Waals surface area (Å²) in [6.45, 7) is 5.32. The third kappa shape index (κ3) is 5.16. The average Bonchev–Trinajstić information content (AvgIpc) is 3.04. The molecule has 0 aliphatic rings. The van der Waals surface area contributed by atoms with Crippen molar-refractivity contribution in [3.63, 3.8) is 0 Å². The summed E-state index contributed by atoms with van der Waals surface area (Å²) >= 11 is 5.67. The molecule has 0 aliphatic carbocycles. The maximum atomic E-state index is 13.1. The lowest BCUT2D eigenvalue weighted by molar-refractivity contribution is -0.148. The first-order valence-corrected chi connectivity index (χ1v) is 8.34. The minimum Gasteiger partial charge on any atom is -0.449 e. The lowest BCUT2D eigenvalue weighted by atomic mass is 10.2. The van der Waals surface area contributed by atoms with Crippen molar-refractivity contribution < 1.29 is 18.7 Å². The van der Waals surface area contributed by atoms with Gasteiger partial charge in [-0.05, 0) is 44.5 Å². The van der Waals surface area contributed by atoms with E-state index in [1.165, 1.54) is 31.2 Å². The van der Waals surface area contributed by atoms with E-state index in [0.29, 0.717) is 11.4 Å². The van der Waals surface area contributed by atoms with Gasteiger partial charge in [-0.25, -0.2) is 13.9 Å². The second-order valence-corrected chi connectivity index (χ2v) is 6.24. The van der Waals surface area contributed by atoms with Crippen molar-refractivity contribution in [1.29, 1.82) is 0 Å². The van der Waals surface area contributed by atoms with Crippen LogP contribution in [-0.4, -0.2) is 27.8 Å². The maximum absolute atomic E-state index is 13.1. The van der Waals surface area contributed by atoms with Crippen LogP contribution in [0.1, 0.15) is 32.4 Å². The number of hydrogen-bond acceptors (Lipinski definition) is 4. The summed E-state index contributed by atoms with van der Waals surface area (Å²) in [5.41, 5.74) is 0.534. The number of ether oxygens (including phenoxy) is 1. The Labute approximate surface area is 155 Å². The fourth-order valence-electron chi connectivity index (χ4n) is 2.10. The fraction of sp³-hybridized carbons (Fsp3) is 0.278. The van der Waals surface area contributed by atoms with Crippen molar-refractivity contribution in [2.45, 2.75) is 32.9 Å². The SMILES string of the molecule is CC(C)n1nccc1NC(=O)[C@@H](C)OC(=O)/C=C/c1ccc(F)c(Cl)c1. The lowest BCUT2D eigenvalue weighted by Gasteiger charge is -2.15. The van der Waals surface area contributed by atoms with Crippen molar-refractivity contribution in [1.82, 2.24) is 9.78 Å². The molecule has 0 saturated heterocycles. The van der Waals surface area contributed by atoms with E-state index in [-0.39, 0.29) is 11.1 Å². The molecule has 0 spiro atoms. The highest BCUT2D eigenvalue weighted by atomic mass is 35.5. The third-order valence-corrected chi connectivity index (χ3v) is 3.72. The number of rotatable bonds is 6. The fourth-order valence-corrected chi connectivity index (χ4v) is 2.29. The lowest BCUT2D eigenvalue weighted by Crippen LogP contribution is -2.30. The van der Waals surface area contributed by atoms with Crippen molar-refractivity contribution >= 4 is 35.4 Å². The van der Waals surface area contributed by atoms with Gasteiger partial charge in [0.15, 0.2) is 6.10 Å². The molecule has 26 heavy (non-hydrogen) atoms. The van der Waals surface area contributed by atoms with Gasteiger partial charge in [0, 0.05) is 18.2 Å². The van der Waals surface area contributed by atoms with Gasteiger partial charge in [0.1, 0.15) is 11.6 Å². The molecule has 8 heteroatoms. The summed E-state index contributed by atoms with van der Waals surface area (Å²) in [5, 5.41) is 6.73. The summed E-state index contributed by atoms with van der Waals surface area (Å²) in [6, 6.07) is 5.77. The largest absolute Gasteiger partial charge is 0.449 e. The number of aromatic nitrogens is 2. The second-order valence-electron chi connectivity index (χ2n) is 5.83. The van der Waals surface area contributed by atoms with Crippen molar-refractivity contribution in [3.8, 4) is 0 Å². The van der Waals surface area contributed by atoms with E-state index in [0.717, 1.165) is 6.08 Å². The number of carbonyl (C=O) groups is 2. The predicted octanol–water partition coefficient (Wildman–Crippen LogP) is 3.84. The molecule has 0 saturated carbocycles. The molecule has 2 aromatic rings. The van der Waals surface area contributed by atoms with Crippen LogP contribution in [0.4, 0.5) is 10.2 Å². The van der Waals surface area contributed by atoms with Gasteiger partial charge in [-0.2, -0.15) is 5.10 Å². The quantitative estimate of drug-likeness (QED) is 0.611. The van der Waals surface area contributed by atoms with Gasteiger partial charge in [-0.15, -0.1) is 0 Å². The van der Waals surface area contributed by atoms with Crippen LogP contribution in [0.3, 0.4) is 0 Å². The molecule has 0 fully saturated rings. The molecule has 6 nitrogen and oxygen atoms in total. The number of hydrogen-bond donors (Lipinski definition) is 1. The van der Waals surface area contributed by atoms with Crippen molar-refractivity contribution in [2.24, 2.45) is 0 Å².